The van der Waals surface area contributed by atoms with Gasteiger partial charge in [0.2, 0.25) is 0 Å². The first-order valence-corrected chi connectivity index (χ1v) is 13.6. The number of halogens is 4. The molecule has 0 aromatic heterocycles. The molecule has 9 heteroatoms. The van der Waals surface area contributed by atoms with E-state index in [-0.39, 0.29) is 4.90 Å². The second-order valence-electron chi connectivity index (χ2n) is 8.07. The van der Waals surface area contributed by atoms with Gasteiger partial charge in [0.05, 0.1) is 13.1 Å². The molecule has 2 heterocycles. The lowest BCUT2D eigenvalue weighted by Crippen LogP contribution is -2.47. The minimum Gasteiger partial charge on any atom is -0.350 e. The second kappa shape index (κ2) is 8.86. The van der Waals surface area contributed by atoms with Gasteiger partial charge < -0.3 is 4.90 Å². The van der Waals surface area contributed by atoms with Gasteiger partial charge in [0.15, 0.2) is 0 Å². The van der Waals surface area contributed by atoms with E-state index in [9.17, 15) is 12.8 Å². The summed E-state index contributed by atoms with van der Waals surface area (Å²) in [4.78, 5) is 1.62. The minimum absolute atomic E-state index is 0.329. The summed E-state index contributed by atoms with van der Waals surface area (Å²) in [6.45, 7) is 0.870. The van der Waals surface area contributed by atoms with Crippen LogP contribution in [0.2, 0.25) is 10.0 Å². The maximum atomic E-state index is 14.9. The fraction of sp³-hybridized carbons (Fsp3) is 0.120. The first-order chi connectivity index (χ1) is 16.2. The predicted molar refractivity (Wildman–Crippen MR) is 141 cm³/mol. The molecule has 0 atom stereocenters. The Kier molecular flexibility index (Phi) is 6.16. The Labute approximate surface area is 221 Å². The van der Waals surface area contributed by atoms with Crippen LogP contribution in [0.15, 0.2) is 99.2 Å². The van der Waals surface area contributed by atoms with Gasteiger partial charge in [0.25, 0.3) is 10.0 Å². The third-order valence-corrected chi connectivity index (χ3v) is 9.12. The normalized spacial score (nSPS) is 17.3. The molecule has 0 amide bonds. The van der Waals surface area contributed by atoms with Gasteiger partial charge >= 0.3 is 0 Å². The van der Waals surface area contributed by atoms with E-state index in [1.54, 1.807) is 30.3 Å². The maximum absolute atomic E-state index is 14.9. The van der Waals surface area contributed by atoms with Crippen LogP contribution in [-0.4, -0.2) is 30.7 Å². The predicted octanol–water partition coefficient (Wildman–Crippen LogP) is 6.56. The van der Waals surface area contributed by atoms with Crippen molar-refractivity contribution in [3.8, 4) is 0 Å². The Hall–Kier alpha value is -2.07. The third-order valence-electron chi connectivity index (χ3n) is 6.05. The average Bonchev–Trinajstić information content (AvgIpc) is 3.16. The van der Waals surface area contributed by atoms with Crippen LogP contribution in [0.4, 0.5) is 4.39 Å². The van der Waals surface area contributed by atoms with Crippen molar-refractivity contribution >= 4 is 55.8 Å². The molecule has 174 valence electrons. The second-order valence-corrected chi connectivity index (χ2v) is 12.1. The Morgan fingerprint density at radius 1 is 0.853 bits per heavy atom. The molecule has 0 unspecified atom stereocenters. The molecule has 0 aliphatic carbocycles. The number of allylic oxidation sites excluding steroid dienone is 2. The van der Waals surface area contributed by atoms with Crippen LogP contribution in [-0.2, 0) is 15.6 Å². The zero-order valence-electron chi connectivity index (χ0n) is 17.6. The smallest absolute Gasteiger partial charge is 0.269 e. The van der Waals surface area contributed by atoms with Crippen LogP contribution in [0.3, 0.4) is 0 Å². The quantitative estimate of drug-likeness (QED) is 0.308. The highest BCUT2D eigenvalue weighted by Gasteiger charge is 2.56. The number of rotatable bonds is 4. The summed E-state index contributed by atoms with van der Waals surface area (Å²) in [5.74, 6) is -0.322. The minimum atomic E-state index is -4.33. The average molecular weight is 627 g/mol. The molecule has 0 N–H and O–H groups in total. The lowest BCUT2D eigenvalue weighted by molar-refractivity contribution is 0.333. The monoisotopic (exact) mass is 626 g/mol. The number of hydrogen-bond acceptors (Lipinski definition) is 3. The van der Waals surface area contributed by atoms with Crippen LogP contribution in [0.1, 0.15) is 11.1 Å². The molecule has 2 aliphatic rings. The maximum Gasteiger partial charge on any atom is 0.269 e. The Morgan fingerprint density at radius 3 is 1.97 bits per heavy atom. The molecular weight excluding hydrogens is 609 g/mol. The Bertz CT molecular complexity index is 1380. The molecule has 0 spiro atoms. The van der Waals surface area contributed by atoms with Crippen molar-refractivity contribution in [2.24, 2.45) is 0 Å². The fourth-order valence-corrected chi connectivity index (χ4v) is 7.28. The summed E-state index contributed by atoms with van der Waals surface area (Å²) in [6.07, 6.45) is 3.66. The summed E-state index contributed by atoms with van der Waals surface area (Å²) in [7, 11) is -4.33. The van der Waals surface area contributed by atoms with Gasteiger partial charge in [-0.05, 0) is 82.3 Å². The topological polar surface area (TPSA) is 40.6 Å². The van der Waals surface area contributed by atoms with Gasteiger partial charge in [0, 0.05) is 13.6 Å². The van der Waals surface area contributed by atoms with Crippen molar-refractivity contribution in [3.63, 3.8) is 0 Å². The van der Waals surface area contributed by atoms with Crippen LogP contribution in [0.25, 0.3) is 0 Å². The third kappa shape index (κ3) is 3.82. The van der Waals surface area contributed by atoms with E-state index in [4.69, 9.17) is 23.2 Å². The van der Waals surface area contributed by atoms with Gasteiger partial charge in [-0.15, -0.1) is 0 Å². The van der Waals surface area contributed by atoms with Crippen molar-refractivity contribution in [2.75, 3.05) is 13.1 Å². The number of nitrogens with zero attached hydrogens (tertiary/aromatic N) is 2. The Balaban J connectivity index is 1.85. The number of benzene rings is 3. The largest absolute Gasteiger partial charge is 0.350 e. The highest BCUT2D eigenvalue weighted by Crippen LogP contribution is 2.50. The number of fused-ring (bicyclic) bond motifs is 1. The molecule has 3 aromatic carbocycles. The van der Waals surface area contributed by atoms with Crippen molar-refractivity contribution in [3.05, 3.63) is 121 Å². The molecule has 5 rings (SSSR count). The molecule has 4 nitrogen and oxygen atoms in total. The number of sulfonamides is 1. The number of hydrogen-bond donors (Lipinski definition) is 0. The highest BCUT2D eigenvalue weighted by atomic mass is 127. The summed E-state index contributed by atoms with van der Waals surface area (Å²) in [5, 5.41) is 1.06. The molecular formula is C25H18Cl2FIN2O2S. The molecule has 0 bridgehead atoms. The molecule has 0 radical (unpaired) electrons. The molecule has 1 saturated heterocycles. The van der Waals surface area contributed by atoms with Crippen molar-refractivity contribution in [2.45, 2.75) is 10.4 Å². The van der Waals surface area contributed by atoms with E-state index in [0.29, 0.717) is 40.1 Å². The van der Waals surface area contributed by atoms with E-state index in [2.05, 4.69) is 22.6 Å². The van der Waals surface area contributed by atoms with Crippen molar-refractivity contribution < 1.29 is 12.8 Å². The Morgan fingerprint density at radius 2 is 1.41 bits per heavy atom. The SMILES string of the molecule is O=S(=O)(c1ccccc1F)N1C2=CC=C(I)CN2CC1(c1ccc(Cl)cc1)c1ccc(Cl)cc1. The van der Waals surface area contributed by atoms with Gasteiger partial charge in [-0.1, -0.05) is 59.6 Å². The lowest BCUT2D eigenvalue weighted by Gasteiger charge is -2.39. The molecule has 0 saturated carbocycles. The summed E-state index contributed by atoms with van der Waals surface area (Å²) in [6, 6.07) is 19.6. The van der Waals surface area contributed by atoms with Crippen molar-refractivity contribution in [1.82, 2.24) is 9.21 Å². The summed E-state index contributed by atoms with van der Waals surface area (Å²) >= 11 is 14.6. The highest BCUT2D eigenvalue weighted by molar-refractivity contribution is 14.1. The van der Waals surface area contributed by atoms with E-state index >= 15 is 0 Å². The zero-order chi connectivity index (χ0) is 24.1. The molecule has 1 fully saturated rings. The van der Waals surface area contributed by atoms with Crippen LogP contribution in [0, 0.1) is 5.82 Å². The van der Waals surface area contributed by atoms with E-state index < -0.39 is 21.4 Å². The molecule has 34 heavy (non-hydrogen) atoms. The van der Waals surface area contributed by atoms with E-state index in [0.717, 1.165) is 9.65 Å². The zero-order valence-corrected chi connectivity index (χ0v) is 22.1. The van der Waals surface area contributed by atoms with Crippen molar-refractivity contribution in [1.29, 1.82) is 0 Å². The standard InChI is InChI=1S/C25H18Cl2FIN2O2S/c26-19-9-5-17(6-10-19)25(18-7-11-20(27)12-8-18)16-30-15-21(29)13-14-24(30)31(25)34(32,33)23-4-2-1-3-22(23)28/h1-14H,15-16H2. The lowest BCUT2D eigenvalue weighted by atomic mass is 9.83. The van der Waals surface area contributed by atoms with Crippen LogP contribution in [0.5, 0.6) is 0 Å². The molecule has 2 aliphatic heterocycles. The van der Waals surface area contributed by atoms with Gasteiger partial charge in [-0.2, -0.15) is 0 Å². The summed E-state index contributed by atoms with van der Waals surface area (Å²) in [5.41, 5.74) is 0.242. The van der Waals surface area contributed by atoms with Gasteiger partial charge in [0.1, 0.15) is 22.1 Å². The summed E-state index contributed by atoms with van der Waals surface area (Å²) < 4.78 is 45.8. The van der Waals surface area contributed by atoms with Gasteiger partial charge in [-0.3, -0.25) is 0 Å². The molecule has 3 aromatic rings. The van der Waals surface area contributed by atoms with E-state index in [1.165, 1.54) is 22.5 Å². The van der Waals surface area contributed by atoms with E-state index in [1.807, 2.05) is 35.2 Å². The van der Waals surface area contributed by atoms with Gasteiger partial charge in [-0.25, -0.2) is 17.1 Å². The van der Waals surface area contributed by atoms with Crippen LogP contribution >= 0.6 is 45.8 Å². The van der Waals surface area contributed by atoms with Crippen LogP contribution < -0.4 is 0 Å². The first-order valence-electron chi connectivity index (χ1n) is 10.4. The first kappa shape index (κ1) is 23.7. The fourth-order valence-electron chi connectivity index (χ4n) is 4.57.